The molecule has 1 aliphatic heterocycles. The van der Waals surface area contributed by atoms with Crippen molar-refractivity contribution in [3.05, 3.63) is 33.8 Å². The largest absolute Gasteiger partial charge is 0.317 e. The number of ketones is 1. The van der Waals surface area contributed by atoms with E-state index in [9.17, 15) is 4.79 Å². The van der Waals surface area contributed by atoms with E-state index in [1.807, 2.05) is 12.1 Å². The number of carbonyl (C=O) groups excluding carboxylic acids is 1. The van der Waals surface area contributed by atoms with Gasteiger partial charge in [0.15, 0.2) is 0 Å². The maximum Gasteiger partial charge on any atom is 0.137 e. The second-order valence-corrected chi connectivity index (χ2v) is 5.66. The zero-order valence-electron chi connectivity index (χ0n) is 10.8. The van der Waals surface area contributed by atoms with E-state index in [2.05, 4.69) is 5.32 Å². The van der Waals surface area contributed by atoms with Gasteiger partial charge in [-0.3, -0.25) is 4.79 Å². The summed E-state index contributed by atoms with van der Waals surface area (Å²) < 4.78 is 0. The molecule has 1 fully saturated rings. The normalized spacial score (nSPS) is 17.6. The first-order valence-corrected chi connectivity index (χ1v) is 7.01. The lowest BCUT2D eigenvalue weighted by Crippen LogP contribution is -2.33. The van der Waals surface area contributed by atoms with Crippen molar-refractivity contribution in [2.24, 2.45) is 5.92 Å². The maximum atomic E-state index is 11.9. The first-order valence-electron chi connectivity index (χ1n) is 6.25. The van der Waals surface area contributed by atoms with Gasteiger partial charge in [0.05, 0.1) is 10.0 Å². The first kappa shape index (κ1) is 16.8. The molecular weight excluding hydrogens is 305 g/mol. The Bertz CT molecular complexity index is 444. The number of hydrogen-bond donors (Lipinski definition) is 1. The molecule has 0 spiro atoms. The molecule has 1 saturated heterocycles. The van der Waals surface area contributed by atoms with Gasteiger partial charge < -0.3 is 5.32 Å². The second-order valence-electron chi connectivity index (χ2n) is 4.85. The average Bonchev–Trinajstić information content (AvgIpc) is 2.35. The van der Waals surface area contributed by atoms with Gasteiger partial charge >= 0.3 is 0 Å². The highest BCUT2D eigenvalue weighted by molar-refractivity contribution is 6.42. The number of rotatable bonds is 3. The fourth-order valence-electron chi connectivity index (χ4n) is 2.72. The number of piperidine rings is 1. The lowest BCUT2D eigenvalue weighted by atomic mass is 9.78. The van der Waals surface area contributed by atoms with Crippen LogP contribution in [0.5, 0.6) is 0 Å². The topological polar surface area (TPSA) is 29.1 Å². The summed E-state index contributed by atoms with van der Waals surface area (Å²) in [6.07, 6.45) is 2.06. The monoisotopic (exact) mass is 321 g/mol. The molecule has 5 heteroatoms. The molecule has 106 valence electrons. The Morgan fingerprint density at radius 1 is 1.26 bits per heavy atom. The number of nitrogens with one attached hydrogen (secondary N) is 1. The smallest absolute Gasteiger partial charge is 0.137 e. The van der Waals surface area contributed by atoms with Crippen LogP contribution < -0.4 is 5.32 Å². The van der Waals surface area contributed by atoms with Crippen LogP contribution in [0.4, 0.5) is 0 Å². The van der Waals surface area contributed by atoms with Crippen LogP contribution in [0.3, 0.4) is 0 Å². The van der Waals surface area contributed by atoms with Crippen molar-refractivity contribution >= 4 is 41.4 Å². The molecule has 0 radical (unpaired) electrons. The Kier molecular flexibility index (Phi) is 6.61. The van der Waals surface area contributed by atoms with Crippen LogP contribution in [0.1, 0.15) is 31.2 Å². The fourth-order valence-corrected chi connectivity index (χ4v) is 3.03. The summed E-state index contributed by atoms with van der Waals surface area (Å²) in [6, 6.07) is 5.52. The molecule has 1 N–H and O–H groups in total. The third-order valence-electron chi connectivity index (χ3n) is 3.60. The summed E-state index contributed by atoms with van der Waals surface area (Å²) in [7, 11) is 0. The molecular formula is C14H18Cl3NO. The third-order valence-corrected chi connectivity index (χ3v) is 4.33. The summed E-state index contributed by atoms with van der Waals surface area (Å²) in [6.45, 7) is 3.63. The summed E-state index contributed by atoms with van der Waals surface area (Å²) in [4.78, 5) is 11.9. The van der Waals surface area contributed by atoms with Crippen molar-refractivity contribution in [1.82, 2.24) is 5.32 Å². The minimum absolute atomic E-state index is 0. The SMILES string of the molecule is CC(=O)C(c1ccc(Cl)c(Cl)c1)C1CCNCC1.Cl. The van der Waals surface area contributed by atoms with E-state index in [0.29, 0.717) is 16.0 Å². The molecule has 1 aromatic carbocycles. The van der Waals surface area contributed by atoms with Crippen molar-refractivity contribution < 1.29 is 4.79 Å². The van der Waals surface area contributed by atoms with Crippen LogP contribution >= 0.6 is 35.6 Å². The molecule has 1 atom stereocenters. The molecule has 1 aliphatic rings. The molecule has 0 aromatic heterocycles. The van der Waals surface area contributed by atoms with E-state index in [-0.39, 0.29) is 24.1 Å². The third kappa shape index (κ3) is 4.09. The predicted molar refractivity (Wildman–Crippen MR) is 82.7 cm³/mol. The Labute approximate surface area is 130 Å². The highest BCUT2D eigenvalue weighted by atomic mass is 35.5. The van der Waals surface area contributed by atoms with Gasteiger partial charge in [-0.05, 0) is 56.5 Å². The molecule has 1 unspecified atom stereocenters. The van der Waals surface area contributed by atoms with Crippen molar-refractivity contribution in [2.75, 3.05) is 13.1 Å². The van der Waals surface area contributed by atoms with Crippen molar-refractivity contribution in [3.63, 3.8) is 0 Å². The Balaban J connectivity index is 0.00000180. The van der Waals surface area contributed by atoms with Gasteiger partial charge in [0.1, 0.15) is 5.78 Å². The lowest BCUT2D eigenvalue weighted by Gasteiger charge is -2.29. The molecule has 0 aliphatic carbocycles. The van der Waals surface area contributed by atoms with E-state index in [0.717, 1.165) is 31.5 Å². The van der Waals surface area contributed by atoms with Crippen molar-refractivity contribution in [1.29, 1.82) is 0 Å². The molecule has 0 saturated carbocycles. The second kappa shape index (κ2) is 7.49. The lowest BCUT2D eigenvalue weighted by molar-refractivity contribution is -0.119. The van der Waals surface area contributed by atoms with Crippen molar-refractivity contribution in [2.45, 2.75) is 25.7 Å². The zero-order valence-corrected chi connectivity index (χ0v) is 13.1. The van der Waals surface area contributed by atoms with Crippen LogP contribution in [0, 0.1) is 5.92 Å². The van der Waals surface area contributed by atoms with Gasteiger partial charge in [-0.1, -0.05) is 29.3 Å². The van der Waals surface area contributed by atoms with Gasteiger partial charge in [-0.25, -0.2) is 0 Å². The summed E-state index contributed by atoms with van der Waals surface area (Å²) >= 11 is 12.0. The van der Waals surface area contributed by atoms with Gasteiger partial charge in [-0.2, -0.15) is 0 Å². The average molecular weight is 323 g/mol. The highest BCUT2D eigenvalue weighted by Crippen LogP contribution is 2.34. The molecule has 1 aromatic rings. The van der Waals surface area contributed by atoms with E-state index < -0.39 is 0 Å². The number of carbonyl (C=O) groups is 1. The van der Waals surface area contributed by atoms with Gasteiger partial charge in [-0.15, -0.1) is 12.4 Å². The van der Waals surface area contributed by atoms with Gasteiger partial charge in [0, 0.05) is 5.92 Å². The Morgan fingerprint density at radius 3 is 2.42 bits per heavy atom. The molecule has 1 heterocycles. The molecule has 0 bridgehead atoms. The number of benzene rings is 1. The molecule has 0 amide bonds. The fraction of sp³-hybridized carbons (Fsp3) is 0.500. The van der Waals surface area contributed by atoms with Gasteiger partial charge in [0.2, 0.25) is 0 Å². The van der Waals surface area contributed by atoms with Crippen LogP contribution in [0.2, 0.25) is 10.0 Å². The van der Waals surface area contributed by atoms with Crippen molar-refractivity contribution in [3.8, 4) is 0 Å². The molecule has 2 nitrogen and oxygen atoms in total. The number of halogens is 3. The summed E-state index contributed by atoms with van der Waals surface area (Å²) in [5, 5.41) is 4.38. The molecule has 19 heavy (non-hydrogen) atoms. The highest BCUT2D eigenvalue weighted by Gasteiger charge is 2.28. The predicted octanol–water partition coefficient (Wildman–Crippen LogP) is 4.09. The zero-order chi connectivity index (χ0) is 13.1. The van der Waals surface area contributed by atoms with E-state index >= 15 is 0 Å². The quantitative estimate of drug-likeness (QED) is 0.908. The van der Waals surface area contributed by atoms with Crippen LogP contribution in [0.15, 0.2) is 18.2 Å². The number of hydrogen-bond acceptors (Lipinski definition) is 2. The van der Waals surface area contributed by atoms with E-state index in [1.54, 1.807) is 13.0 Å². The van der Waals surface area contributed by atoms with E-state index in [4.69, 9.17) is 23.2 Å². The Morgan fingerprint density at radius 2 is 1.89 bits per heavy atom. The minimum Gasteiger partial charge on any atom is -0.317 e. The summed E-state index contributed by atoms with van der Waals surface area (Å²) in [5.74, 6) is 0.558. The van der Waals surface area contributed by atoms with Crippen LogP contribution in [0.25, 0.3) is 0 Å². The molecule has 2 rings (SSSR count). The summed E-state index contributed by atoms with van der Waals surface area (Å²) in [5.41, 5.74) is 0.990. The Hall–Kier alpha value is -0.280. The number of Topliss-reactive ketones (excluding diaryl/α,β-unsaturated/α-hetero) is 1. The minimum atomic E-state index is -0.0538. The van der Waals surface area contributed by atoms with Crippen LogP contribution in [-0.4, -0.2) is 18.9 Å². The standard InChI is InChI=1S/C14H17Cl2NO.ClH/c1-9(18)14(10-4-6-17-7-5-10)11-2-3-12(15)13(16)8-11;/h2-3,8,10,14,17H,4-7H2,1H3;1H. The van der Waals surface area contributed by atoms with Gasteiger partial charge in [0.25, 0.3) is 0 Å². The van der Waals surface area contributed by atoms with Crippen LogP contribution in [-0.2, 0) is 4.79 Å². The van der Waals surface area contributed by atoms with E-state index in [1.165, 1.54) is 0 Å². The first-order chi connectivity index (χ1) is 8.59. The maximum absolute atomic E-state index is 11.9.